The van der Waals surface area contributed by atoms with Gasteiger partial charge in [0, 0.05) is 16.8 Å². The van der Waals surface area contributed by atoms with Crippen LogP contribution < -0.4 is 4.74 Å². The van der Waals surface area contributed by atoms with Crippen molar-refractivity contribution in [3.05, 3.63) is 65.9 Å². The molecule has 1 N–H and O–H groups in total. The van der Waals surface area contributed by atoms with Gasteiger partial charge in [0.1, 0.15) is 5.75 Å². The normalized spacial score (nSPS) is 10.5. The lowest BCUT2D eigenvalue weighted by Gasteiger charge is -2.11. The van der Waals surface area contributed by atoms with E-state index in [9.17, 15) is 4.79 Å². The Hall–Kier alpha value is -3.01. The fourth-order valence-corrected chi connectivity index (χ4v) is 3.04. The standard InChI is InChI=1S/C21H21NO3/c1-4-25-21(23)19-18(16-12-8-9-13-17(16)24-3)14(2)22-20(19)15-10-6-5-7-11-15/h5-13,22H,4H2,1-3H3. The second-order valence-electron chi connectivity index (χ2n) is 5.66. The van der Waals surface area contributed by atoms with E-state index < -0.39 is 0 Å². The maximum absolute atomic E-state index is 12.8. The van der Waals surface area contributed by atoms with Gasteiger partial charge in [0.25, 0.3) is 0 Å². The monoisotopic (exact) mass is 335 g/mol. The quantitative estimate of drug-likeness (QED) is 0.679. The van der Waals surface area contributed by atoms with Gasteiger partial charge < -0.3 is 14.5 Å². The van der Waals surface area contributed by atoms with Crippen LogP contribution in [-0.2, 0) is 4.74 Å². The molecule has 3 rings (SSSR count). The molecule has 0 aliphatic carbocycles. The summed E-state index contributed by atoms with van der Waals surface area (Å²) in [6, 6.07) is 17.5. The van der Waals surface area contributed by atoms with Crippen LogP contribution in [0, 0.1) is 6.92 Å². The summed E-state index contributed by atoms with van der Waals surface area (Å²) >= 11 is 0. The van der Waals surface area contributed by atoms with Gasteiger partial charge in [-0.3, -0.25) is 0 Å². The van der Waals surface area contributed by atoms with Crippen molar-refractivity contribution in [3.63, 3.8) is 0 Å². The molecular weight excluding hydrogens is 314 g/mol. The number of benzene rings is 2. The highest BCUT2D eigenvalue weighted by molar-refractivity contribution is 6.05. The molecule has 4 nitrogen and oxygen atoms in total. The molecule has 0 aliphatic rings. The minimum Gasteiger partial charge on any atom is -0.496 e. The summed E-state index contributed by atoms with van der Waals surface area (Å²) in [6.07, 6.45) is 0. The molecule has 0 saturated carbocycles. The molecule has 0 saturated heterocycles. The Bertz CT molecular complexity index is 881. The van der Waals surface area contributed by atoms with Crippen molar-refractivity contribution in [1.82, 2.24) is 4.98 Å². The number of carbonyl (C=O) groups excluding carboxylic acids is 1. The number of esters is 1. The molecule has 4 heteroatoms. The molecule has 3 aromatic rings. The highest BCUT2D eigenvalue weighted by Gasteiger charge is 2.26. The minimum atomic E-state index is -0.341. The van der Waals surface area contributed by atoms with E-state index in [4.69, 9.17) is 9.47 Å². The van der Waals surface area contributed by atoms with Crippen LogP contribution in [0.15, 0.2) is 54.6 Å². The smallest absolute Gasteiger partial charge is 0.340 e. The first-order valence-electron chi connectivity index (χ1n) is 8.25. The Labute approximate surface area is 147 Å². The summed E-state index contributed by atoms with van der Waals surface area (Å²) in [7, 11) is 1.63. The maximum atomic E-state index is 12.8. The average molecular weight is 335 g/mol. The first-order chi connectivity index (χ1) is 12.2. The third-order valence-corrected chi connectivity index (χ3v) is 4.11. The summed E-state index contributed by atoms with van der Waals surface area (Å²) in [4.78, 5) is 16.1. The first-order valence-corrected chi connectivity index (χ1v) is 8.25. The molecule has 0 radical (unpaired) electrons. The molecule has 1 aromatic heterocycles. The number of hydrogen-bond acceptors (Lipinski definition) is 3. The Morgan fingerprint density at radius 3 is 2.40 bits per heavy atom. The minimum absolute atomic E-state index is 0.322. The number of carbonyl (C=O) groups is 1. The Balaban J connectivity index is 2.28. The van der Waals surface area contributed by atoms with Crippen molar-refractivity contribution in [1.29, 1.82) is 0 Å². The van der Waals surface area contributed by atoms with Crippen LogP contribution in [-0.4, -0.2) is 24.7 Å². The van der Waals surface area contributed by atoms with E-state index >= 15 is 0 Å². The first kappa shape index (κ1) is 16.8. The van der Waals surface area contributed by atoms with Gasteiger partial charge in [-0.05, 0) is 25.5 Å². The van der Waals surface area contributed by atoms with Crippen LogP contribution in [0.3, 0.4) is 0 Å². The molecular formula is C21H21NO3. The van der Waals surface area contributed by atoms with Crippen molar-refractivity contribution < 1.29 is 14.3 Å². The fraction of sp³-hybridized carbons (Fsp3) is 0.190. The van der Waals surface area contributed by atoms with Crippen molar-refractivity contribution >= 4 is 5.97 Å². The Kier molecular flexibility index (Phi) is 4.89. The molecule has 0 fully saturated rings. The van der Waals surface area contributed by atoms with E-state index in [-0.39, 0.29) is 5.97 Å². The predicted molar refractivity (Wildman–Crippen MR) is 98.9 cm³/mol. The largest absolute Gasteiger partial charge is 0.496 e. The number of aromatic amines is 1. The van der Waals surface area contributed by atoms with Gasteiger partial charge in [0.15, 0.2) is 0 Å². The highest BCUT2D eigenvalue weighted by atomic mass is 16.5. The van der Waals surface area contributed by atoms with Gasteiger partial charge in [-0.25, -0.2) is 4.79 Å². The number of methoxy groups -OCH3 is 1. The van der Waals surface area contributed by atoms with Crippen LogP contribution in [0.2, 0.25) is 0 Å². The van der Waals surface area contributed by atoms with Gasteiger partial charge in [-0.2, -0.15) is 0 Å². The Morgan fingerprint density at radius 2 is 1.72 bits per heavy atom. The zero-order valence-electron chi connectivity index (χ0n) is 14.6. The van der Waals surface area contributed by atoms with Gasteiger partial charge in [0.05, 0.1) is 25.0 Å². The van der Waals surface area contributed by atoms with E-state index in [1.165, 1.54) is 0 Å². The third kappa shape index (κ3) is 3.15. The molecule has 0 atom stereocenters. The van der Waals surface area contributed by atoms with E-state index in [1.54, 1.807) is 7.11 Å². The Morgan fingerprint density at radius 1 is 1.04 bits per heavy atom. The summed E-state index contributed by atoms with van der Waals surface area (Å²) in [6.45, 7) is 4.09. The van der Waals surface area contributed by atoms with E-state index in [0.29, 0.717) is 12.2 Å². The van der Waals surface area contributed by atoms with Crippen molar-refractivity contribution in [2.75, 3.05) is 13.7 Å². The van der Waals surface area contributed by atoms with Crippen LogP contribution in [0.4, 0.5) is 0 Å². The highest BCUT2D eigenvalue weighted by Crippen LogP contribution is 2.39. The number of aromatic nitrogens is 1. The number of nitrogens with one attached hydrogen (secondary N) is 1. The lowest BCUT2D eigenvalue weighted by Crippen LogP contribution is -2.07. The number of para-hydroxylation sites is 1. The summed E-state index contributed by atoms with van der Waals surface area (Å²) in [5.41, 5.74) is 4.81. The van der Waals surface area contributed by atoms with E-state index in [2.05, 4.69) is 4.98 Å². The van der Waals surface area contributed by atoms with Crippen LogP contribution in [0.5, 0.6) is 5.75 Å². The van der Waals surface area contributed by atoms with Crippen LogP contribution in [0.1, 0.15) is 23.0 Å². The average Bonchev–Trinajstić information content (AvgIpc) is 2.99. The zero-order chi connectivity index (χ0) is 17.8. The summed E-state index contributed by atoms with van der Waals surface area (Å²) < 4.78 is 10.8. The predicted octanol–water partition coefficient (Wildman–Crippen LogP) is 4.84. The third-order valence-electron chi connectivity index (χ3n) is 4.11. The molecule has 2 aromatic carbocycles. The second kappa shape index (κ2) is 7.26. The lowest BCUT2D eigenvalue weighted by molar-refractivity contribution is 0.0528. The number of aryl methyl sites for hydroxylation is 1. The number of rotatable bonds is 5. The number of H-pyrrole nitrogens is 1. The van der Waals surface area contributed by atoms with Crippen molar-refractivity contribution in [2.24, 2.45) is 0 Å². The van der Waals surface area contributed by atoms with Gasteiger partial charge in [-0.15, -0.1) is 0 Å². The number of ether oxygens (including phenoxy) is 2. The molecule has 1 heterocycles. The van der Waals surface area contributed by atoms with Gasteiger partial charge >= 0.3 is 5.97 Å². The van der Waals surface area contributed by atoms with Crippen LogP contribution >= 0.6 is 0 Å². The van der Waals surface area contributed by atoms with E-state index in [1.807, 2.05) is 68.4 Å². The molecule has 0 unspecified atom stereocenters. The lowest BCUT2D eigenvalue weighted by atomic mass is 9.97. The maximum Gasteiger partial charge on any atom is 0.340 e. The molecule has 0 bridgehead atoms. The van der Waals surface area contributed by atoms with Gasteiger partial charge in [-0.1, -0.05) is 48.5 Å². The second-order valence-corrected chi connectivity index (χ2v) is 5.66. The molecule has 0 amide bonds. The topological polar surface area (TPSA) is 51.3 Å². The zero-order valence-corrected chi connectivity index (χ0v) is 14.6. The van der Waals surface area contributed by atoms with Gasteiger partial charge in [0.2, 0.25) is 0 Å². The van der Waals surface area contributed by atoms with E-state index in [0.717, 1.165) is 33.8 Å². The number of hydrogen-bond donors (Lipinski definition) is 1. The van der Waals surface area contributed by atoms with Crippen molar-refractivity contribution in [2.45, 2.75) is 13.8 Å². The van der Waals surface area contributed by atoms with Crippen LogP contribution in [0.25, 0.3) is 22.4 Å². The fourth-order valence-electron chi connectivity index (χ4n) is 3.04. The molecule has 0 aliphatic heterocycles. The molecule has 25 heavy (non-hydrogen) atoms. The summed E-state index contributed by atoms with van der Waals surface area (Å²) in [5.74, 6) is 0.376. The summed E-state index contributed by atoms with van der Waals surface area (Å²) in [5, 5.41) is 0. The molecule has 0 spiro atoms. The van der Waals surface area contributed by atoms with Crippen molar-refractivity contribution in [3.8, 4) is 28.1 Å². The SMILES string of the molecule is CCOC(=O)c1c(-c2ccccc2)[nH]c(C)c1-c1ccccc1OC. The molecule has 128 valence electrons.